The number of aryl methyl sites for hydroxylation is 2. The Kier molecular flexibility index (Phi) is 4.47. The number of nitrogens with zero attached hydrogens (tertiary/aromatic N) is 2. The second kappa shape index (κ2) is 6.10. The molecule has 0 aliphatic rings. The molecule has 19 heavy (non-hydrogen) atoms. The number of benzene rings is 1. The van der Waals surface area contributed by atoms with E-state index in [-0.39, 0.29) is 0 Å². The predicted molar refractivity (Wildman–Crippen MR) is 77.9 cm³/mol. The summed E-state index contributed by atoms with van der Waals surface area (Å²) in [5.41, 5.74) is 2.40. The van der Waals surface area contributed by atoms with Crippen LogP contribution in [0.25, 0.3) is 0 Å². The van der Waals surface area contributed by atoms with Crippen LogP contribution in [-0.2, 0) is 19.9 Å². The number of ether oxygens (including phenoxy) is 2. The lowest BCUT2D eigenvalue weighted by Crippen LogP contribution is -1.99. The van der Waals surface area contributed by atoms with Gasteiger partial charge < -0.3 is 14.0 Å². The van der Waals surface area contributed by atoms with Gasteiger partial charge in [0.2, 0.25) is 0 Å². The molecule has 0 fully saturated rings. The Labute approximate surface area is 121 Å². The van der Waals surface area contributed by atoms with Crippen LogP contribution in [0.1, 0.15) is 11.3 Å². The minimum absolute atomic E-state index is 0.757. The van der Waals surface area contributed by atoms with Crippen molar-refractivity contribution in [3.8, 4) is 11.5 Å². The molecule has 4 nitrogen and oxygen atoms in total. The van der Waals surface area contributed by atoms with Crippen molar-refractivity contribution in [2.45, 2.75) is 12.8 Å². The van der Waals surface area contributed by atoms with Crippen molar-refractivity contribution in [3.05, 3.63) is 40.4 Å². The minimum atomic E-state index is 0.757. The van der Waals surface area contributed by atoms with Gasteiger partial charge in [-0.15, -0.1) is 0 Å². The average molecular weight is 325 g/mol. The van der Waals surface area contributed by atoms with Crippen molar-refractivity contribution in [2.24, 2.45) is 7.05 Å². The predicted octanol–water partition coefficient (Wildman–Crippen LogP) is 2.99. The number of methoxy groups -OCH3 is 2. The molecular formula is C14H17BrN2O2. The summed E-state index contributed by atoms with van der Waals surface area (Å²) in [6.07, 6.45) is 3.67. The van der Waals surface area contributed by atoms with Crippen molar-refractivity contribution >= 4 is 15.9 Å². The van der Waals surface area contributed by atoms with E-state index in [9.17, 15) is 0 Å². The van der Waals surface area contributed by atoms with E-state index >= 15 is 0 Å². The van der Waals surface area contributed by atoms with E-state index in [0.717, 1.165) is 28.9 Å². The van der Waals surface area contributed by atoms with Gasteiger partial charge >= 0.3 is 0 Å². The third kappa shape index (κ3) is 3.10. The molecule has 0 radical (unpaired) electrons. The Balaban J connectivity index is 2.12. The molecule has 1 aromatic heterocycles. The molecule has 0 N–H and O–H groups in total. The van der Waals surface area contributed by atoms with E-state index in [1.54, 1.807) is 14.2 Å². The van der Waals surface area contributed by atoms with E-state index in [2.05, 4.69) is 27.0 Å². The summed E-state index contributed by atoms with van der Waals surface area (Å²) in [6.45, 7) is 0. The highest BCUT2D eigenvalue weighted by atomic mass is 79.9. The first kappa shape index (κ1) is 13.9. The quantitative estimate of drug-likeness (QED) is 0.848. The van der Waals surface area contributed by atoms with Crippen LogP contribution in [0.4, 0.5) is 0 Å². The van der Waals surface area contributed by atoms with E-state index in [4.69, 9.17) is 9.47 Å². The van der Waals surface area contributed by atoms with Crippen molar-refractivity contribution in [1.82, 2.24) is 9.55 Å². The van der Waals surface area contributed by atoms with Crippen LogP contribution in [0, 0.1) is 0 Å². The maximum absolute atomic E-state index is 5.31. The summed E-state index contributed by atoms with van der Waals surface area (Å²) in [4.78, 5) is 4.22. The fraction of sp³-hybridized carbons (Fsp3) is 0.357. The Morgan fingerprint density at radius 1 is 1.16 bits per heavy atom. The molecule has 0 spiro atoms. The third-order valence-electron chi connectivity index (χ3n) is 3.11. The first-order valence-electron chi connectivity index (χ1n) is 6.02. The number of hydrogen-bond donors (Lipinski definition) is 0. The molecule has 0 saturated carbocycles. The number of aromatic nitrogens is 2. The molecule has 2 aromatic rings. The lowest BCUT2D eigenvalue weighted by Gasteiger charge is -2.10. The van der Waals surface area contributed by atoms with E-state index < -0.39 is 0 Å². The third-order valence-corrected chi connectivity index (χ3v) is 3.77. The molecule has 0 aliphatic heterocycles. The number of rotatable bonds is 5. The number of halogens is 1. The Hall–Kier alpha value is -1.49. The minimum Gasteiger partial charge on any atom is -0.493 e. The second-order valence-corrected chi connectivity index (χ2v) is 5.03. The summed E-state index contributed by atoms with van der Waals surface area (Å²) in [6, 6.07) is 6.02. The van der Waals surface area contributed by atoms with Crippen molar-refractivity contribution < 1.29 is 9.47 Å². The average Bonchev–Trinajstić information content (AvgIpc) is 2.75. The standard InChI is InChI=1S/C14H17BrN2O2/c1-17-9-16-14(15)11(17)6-4-10-5-7-12(18-2)13(8-10)19-3/h5,7-9H,4,6H2,1-3H3. The summed E-state index contributed by atoms with van der Waals surface area (Å²) < 4.78 is 13.5. The summed E-state index contributed by atoms with van der Waals surface area (Å²) in [5.74, 6) is 1.53. The van der Waals surface area contributed by atoms with Gasteiger partial charge in [0.15, 0.2) is 11.5 Å². The second-order valence-electron chi connectivity index (χ2n) is 4.28. The van der Waals surface area contributed by atoms with Gasteiger partial charge in [0, 0.05) is 7.05 Å². The van der Waals surface area contributed by atoms with Gasteiger partial charge in [-0.25, -0.2) is 4.98 Å². The van der Waals surface area contributed by atoms with Crippen LogP contribution in [0.15, 0.2) is 29.1 Å². The molecular weight excluding hydrogens is 308 g/mol. The fourth-order valence-corrected chi connectivity index (χ4v) is 2.57. The van der Waals surface area contributed by atoms with E-state index in [1.165, 1.54) is 11.3 Å². The zero-order valence-electron chi connectivity index (χ0n) is 11.3. The molecule has 5 heteroatoms. The lowest BCUT2D eigenvalue weighted by atomic mass is 10.1. The van der Waals surface area contributed by atoms with Crippen LogP contribution >= 0.6 is 15.9 Å². The van der Waals surface area contributed by atoms with Gasteiger partial charge in [0.25, 0.3) is 0 Å². The first-order valence-corrected chi connectivity index (χ1v) is 6.81. The molecule has 0 amide bonds. The number of hydrogen-bond acceptors (Lipinski definition) is 3. The van der Waals surface area contributed by atoms with Gasteiger partial charge in [-0.2, -0.15) is 0 Å². The highest BCUT2D eigenvalue weighted by molar-refractivity contribution is 9.10. The molecule has 1 aromatic carbocycles. The van der Waals surface area contributed by atoms with Gasteiger partial charge in [0.05, 0.1) is 26.2 Å². The normalized spacial score (nSPS) is 10.5. The first-order chi connectivity index (χ1) is 9.15. The van der Waals surface area contributed by atoms with Crippen LogP contribution < -0.4 is 9.47 Å². The lowest BCUT2D eigenvalue weighted by molar-refractivity contribution is 0.354. The fourth-order valence-electron chi connectivity index (χ4n) is 2.01. The maximum Gasteiger partial charge on any atom is 0.160 e. The molecule has 0 atom stereocenters. The van der Waals surface area contributed by atoms with Crippen LogP contribution in [0.3, 0.4) is 0 Å². The van der Waals surface area contributed by atoms with Gasteiger partial charge in [-0.1, -0.05) is 6.07 Å². The molecule has 1 heterocycles. The van der Waals surface area contributed by atoms with Crippen molar-refractivity contribution in [1.29, 1.82) is 0 Å². The molecule has 2 rings (SSSR count). The summed E-state index contributed by atoms with van der Waals surface area (Å²) >= 11 is 3.46. The zero-order chi connectivity index (χ0) is 13.8. The molecule has 0 bridgehead atoms. The van der Waals surface area contributed by atoms with E-state index in [1.807, 2.05) is 30.1 Å². The monoisotopic (exact) mass is 324 g/mol. The Morgan fingerprint density at radius 3 is 2.47 bits per heavy atom. The summed E-state index contributed by atoms with van der Waals surface area (Å²) in [5, 5.41) is 0. The smallest absolute Gasteiger partial charge is 0.160 e. The highest BCUT2D eigenvalue weighted by Crippen LogP contribution is 2.28. The Bertz CT molecular complexity index is 547. The Morgan fingerprint density at radius 2 is 1.89 bits per heavy atom. The highest BCUT2D eigenvalue weighted by Gasteiger charge is 2.08. The zero-order valence-corrected chi connectivity index (χ0v) is 12.9. The number of imidazole rings is 1. The van der Waals surface area contributed by atoms with Gasteiger partial charge in [0.1, 0.15) is 4.60 Å². The molecule has 0 unspecified atom stereocenters. The molecule has 0 saturated heterocycles. The molecule has 0 aliphatic carbocycles. The van der Waals surface area contributed by atoms with Crippen LogP contribution in [0.2, 0.25) is 0 Å². The van der Waals surface area contributed by atoms with Gasteiger partial charge in [-0.3, -0.25) is 0 Å². The van der Waals surface area contributed by atoms with Crippen LogP contribution in [-0.4, -0.2) is 23.8 Å². The molecule has 102 valence electrons. The van der Waals surface area contributed by atoms with Gasteiger partial charge in [-0.05, 0) is 46.5 Å². The van der Waals surface area contributed by atoms with E-state index in [0.29, 0.717) is 0 Å². The summed E-state index contributed by atoms with van der Waals surface area (Å²) in [7, 11) is 5.30. The topological polar surface area (TPSA) is 36.3 Å². The largest absolute Gasteiger partial charge is 0.493 e. The SMILES string of the molecule is COc1ccc(CCc2c(Br)ncn2C)cc1OC. The van der Waals surface area contributed by atoms with Crippen molar-refractivity contribution in [2.75, 3.05) is 14.2 Å². The van der Waals surface area contributed by atoms with Crippen molar-refractivity contribution in [3.63, 3.8) is 0 Å². The van der Waals surface area contributed by atoms with Crippen LogP contribution in [0.5, 0.6) is 11.5 Å². The maximum atomic E-state index is 5.31.